The molecule has 0 amide bonds. The highest BCUT2D eigenvalue weighted by atomic mass is 32.2. The fourth-order valence-electron chi connectivity index (χ4n) is 1.16. The fourth-order valence-corrected chi connectivity index (χ4v) is 2.77. The summed E-state index contributed by atoms with van der Waals surface area (Å²) in [7, 11) is -3.00. The lowest BCUT2D eigenvalue weighted by Gasteiger charge is -2.08. The van der Waals surface area contributed by atoms with Gasteiger partial charge in [-0.1, -0.05) is 12.2 Å². The van der Waals surface area contributed by atoms with E-state index in [1.54, 1.807) is 19.1 Å². The summed E-state index contributed by atoms with van der Waals surface area (Å²) in [4.78, 5) is 0. The van der Waals surface area contributed by atoms with Crippen molar-refractivity contribution in [2.75, 3.05) is 6.61 Å². The minimum atomic E-state index is -3.00. The molecule has 0 saturated heterocycles. The zero-order valence-corrected chi connectivity index (χ0v) is 7.21. The Balaban J connectivity index is 2.79. The van der Waals surface area contributed by atoms with Gasteiger partial charge in [-0.3, -0.25) is 0 Å². The van der Waals surface area contributed by atoms with Crippen molar-refractivity contribution in [2.24, 2.45) is 0 Å². The van der Waals surface area contributed by atoms with Crippen LogP contribution in [-0.2, 0) is 9.84 Å². The van der Waals surface area contributed by atoms with E-state index in [1.165, 1.54) is 0 Å². The first kappa shape index (κ1) is 8.74. The summed E-state index contributed by atoms with van der Waals surface area (Å²) in [6, 6.07) is 0. The summed E-state index contributed by atoms with van der Waals surface area (Å²) in [6.07, 6.45) is 3.66. The number of aliphatic hydroxyl groups is 1. The average molecular weight is 176 g/mol. The lowest BCUT2D eigenvalue weighted by atomic mass is 10.3. The van der Waals surface area contributed by atoms with Gasteiger partial charge in [-0.05, 0) is 13.3 Å². The van der Waals surface area contributed by atoms with Crippen LogP contribution in [0.25, 0.3) is 0 Å². The van der Waals surface area contributed by atoms with Crippen LogP contribution in [0.4, 0.5) is 0 Å². The normalized spacial score (nSPS) is 34.4. The van der Waals surface area contributed by atoms with Gasteiger partial charge in [0.1, 0.15) is 0 Å². The van der Waals surface area contributed by atoms with E-state index in [-0.39, 0.29) is 11.9 Å². The Bertz CT molecular complexity index is 253. The predicted molar refractivity (Wildman–Crippen MR) is 43.0 cm³/mol. The van der Waals surface area contributed by atoms with E-state index in [1.807, 2.05) is 0 Å². The molecule has 0 aromatic carbocycles. The summed E-state index contributed by atoms with van der Waals surface area (Å²) in [6.45, 7) is 1.59. The molecule has 0 bridgehead atoms. The Hall–Kier alpha value is -0.350. The largest absolute Gasteiger partial charge is 0.396 e. The molecule has 0 unspecified atom stereocenters. The predicted octanol–water partition coefficient (Wildman–Crippen LogP) is 0.110. The highest BCUT2D eigenvalue weighted by Crippen LogP contribution is 2.21. The van der Waals surface area contributed by atoms with Gasteiger partial charge in [-0.2, -0.15) is 0 Å². The molecule has 2 atom stereocenters. The molecule has 1 aliphatic rings. The molecule has 0 fully saturated rings. The number of hydrogen-bond donors (Lipinski definition) is 1. The molecule has 64 valence electrons. The Kier molecular flexibility index (Phi) is 2.34. The molecule has 0 aromatic heterocycles. The van der Waals surface area contributed by atoms with Gasteiger partial charge in [-0.25, -0.2) is 8.42 Å². The van der Waals surface area contributed by atoms with E-state index in [2.05, 4.69) is 0 Å². The lowest BCUT2D eigenvalue weighted by Crippen LogP contribution is -2.22. The first-order valence-corrected chi connectivity index (χ1v) is 5.22. The van der Waals surface area contributed by atoms with Gasteiger partial charge in [-0.15, -0.1) is 0 Å². The SMILES string of the molecule is C[C@H]1C=C[C@H](CCO)S1(=O)=O. The van der Waals surface area contributed by atoms with Gasteiger partial charge in [0.2, 0.25) is 0 Å². The number of aliphatic hydroxyl groups excluding tert-OH is 1. The van der Waals surface area contributed by atoms with Crippen LogP contribution in [0.15, 0.2) is 12.2 Å². The van der Waals surface area contributed by atoms with Crippen LogP contribution in [0.2, 0.25) is 0 Å². The van der Waals surface area contributed by atoms with Crippen LogP contribution >= 0.6 is 0 Å². The molecule has 1 aliphatic heterocycles. The summed E-state index contributed by atoms with van der Waals surface area (Å²) < 4.78 is 22.6. The fraction of sp³-hybridized carbons (Fsp3) is 0.714. The van der Waals surface area contributed by atoms with E-state index < -0.39 is 15.1 Å². The maximum Gasteiger partial charge on any atom is 0.162 e. The summed E-state index contributed by atoms with van der Waals surface area (Å²) >= 11 is 0. The van der Waals surface area contributed by atoms with Gasteiger partial charge in [0.15, 0.2) is 9.84 Å². The molecule has 0 aliphatic carbocycles. The van der Waals surface area contributed by atoms with Crippen LogP contribution < -0.4 is 0 Å². The third-order valence-electron chi connectivity index (χ3n) is 1.95. The van der Waals surface area contributed by atoms with Gasteiger partial charge in [0.25, 0.3) is 0 Å². The number of rotatable bonds is 2. The zero-order chi connectivity index (χ0) is 8.48. The average Bonchev–Trinajstić information content (AvgIpc) is 2.16. The molecule has 0 radical (unpaired) electrons. The first-order valence-electron chi connectivity index (χ1n) is 3.61. The van der Waals surface area contributed by atoms with Crippen molar-refractivity contribution in [3.63, 3.8) is 0 Å². The highest BCUT2D eigenvalue weighted by Gasteiger charge is 2.32. The molecule has 1 N–H and O–H groups in total. The molecule has 11 heavy (non-hydrogen) atoms. The standard InChI is InChI=1S/C7H12O3S/c1-6-2-3-7(4-5-8)11(6,9)10/h2-3,6-8H,4-5H2,1H3/t6-,7+/m0/s1. The minimum Gasteiger partial charge on any atom is -0.396 e. The van der Waals surface area contributed by atoms with E-state index in [0.717, 1.165) is 0 Å². The Labute approximate surface area is 66.7 Å². The van der Waals surface area contributed by atoms with Crippen molar-refractivity contribution >= 4 is 9.84 Å². The molecule has 3 nitrogen and oxygen atoms in total. The van der Waals surface area contributed by atoms with Crippen LogP contribution in [0.3, 0.4) is 0 Å². The van der Waals surface area contributed by atoms with Crippen LogP contribution in [0.1, 0.15) is 13.3 Å². The topological polar surface area (TPSA) is 54.4 Å². The third-order valence-corrected chi connectivity index (χ3v) is 4.38. The van der Waals surface area contributed by atoms with E-state index in [4.69, 9.17) is 5.11 Å². The summed E-state index contributed by atoms with van der Waals surface area (Å²) in [5, 5.41) is 7.71. The van der Waals surface area contributed by atoms with Crippen molar-refractivity contribution in [2.45, 2.75) is 23.8 Å². The number of hydrogen-bond acceptors (Lipinski definition) is 3. The molecule has 4 heteroatoms. The quantitative estimate of drug-likeness (QED) is 0.608. The zero-order valence-electron chi connectivity index (χ0n) is 6.40. The van der Waals surface area contributed by atoms with E-state index in [9.17, 15) is 8.42 Å². The van der Waals surface area contributed by atoms with Crippen molar-refractivity contribution in [3.05, 3.63) is 12.2 Å². The smallest absolute Gasteiger partial charge is 0.162 e. The third kappa shape index (κ3) is 1.46. The van der Waals surface area contributed by atoms with Gasteiger partial charge < -0.3 is 5.11 Å². The molecule has 0 spiro atoms. The van der Waals surface area contributed by atoms with Gasteiger partial charge >= 0.3 is 0 Å². The van der Waals surface area contributed by atoms with Gasteiger partial charge in [0, 0.05) is 6.61 Å². The molecule has 0 aromatic rings. The minimum absolute atomic E-state index is 0.0685. The maximum atomic E-state index is 11.3. The van der Waals surface area contributed by atoms with Crippen LogP contribution in [0, 0.1) is 0 Å². The lowest BCUT2D eigenvalue weighted by molar-refractivity contribution is 0.290. The van der Waals surface area contributed by atoms with Crippen molar-refractivity contribution in [1.82, 2.24) is 0 Å². The summed E-state index contributed by atoms with van der Waals surface area (Å²) in [5.41, 5.74) is 0. The van der Waals surface area contributed by atoms with Crippen LogP contribution in [-0.4, -0.2) is 30.6 Å². The Morgan fingerprint density at radius 3 is 2.45 bits per heavy atom. The Morgan fingerprint density at radius 1 is 1.45 bits per heavy atom. The molecular formula is C7H12O3S. The first-order chi connectivity index (χ1) is 5.09. The second-order valence-electron chi connectivity index (χ2n) is 2.73. The number of sulfone groups is 1. The molecule has 1 heterocycles. The maximum absolute atomic E-state index is 11.3. The highest BCUT2D eigenvalue weighted by molar-refractivity contribution is 7.93. The monoisotopic (exact) mass is 176 g/mol. The van der Waals surface area contributed by atoms with Crippen LogP contribution in [0.5, 0.6) is 0 Å². The van der Waals surface area contributed by atoms with Crippen molar-refractivity contribution < 1.29 is 13.5 Å². The Morgan fingerprint density at radius 2 is 2.09 bits per heavy atom. The van der Waals surface area contributed by atoms with E-state index >= 15 is 0 Å². The molecule has 1 rings (SSSR count). The second kappa shape index (κ2) is 2.95. The van der Waals surface area contributed by atoms with Crippen molar-refractivity contribution in [3.8, 4) is 0 Å². The van der Waals surface area contributed by atoms with Gasteiger partial charge in [0.05, 0.1) is 10.5 Å². The van der Waals surface area contributed by atoms with Crippen molar-refractivity contribution in [1.29, 1.82) is 0 Å². The summed E-state index contributed by atoms with van der Waals surface area (Å²) in [5.74, 6) is 0. The van der Waals surface area contributed by atoms with E-state index in [0.29, 0.717) is 6.42 Å². The second-order valence-corrected chi connectivity index (χ2v) is 5.26. The molecular weight excluding hydrogens is 164 g/mol. The molecule has 0 saturated carbocycles.